The number of Topliss-reactive ketones (excluding diaryl/α,β-unsaturated/α-hetero) is 1. The molecule has 1 fully saturated rings. The molecule has 0 bridgehead atoms. The molecule has 1 aliphatic rings. The molecular formula is C16H20N4O4S2. The third-order valence-electron chi connectivity index (χ3n) is 4.04. The molecular weight excluding hydrogens is 376 g/mol. The minimum atomic E-state index is -3.55. The fourth-order valence-electron chi connectivity index (χ4n) is 2.54. The molecule has 2 heterocycles. The summed E-state index contributed by atoms with van der Waals surface area (Å²) in [5.74, 6) is 0.129. The van der Waals surface area contributed by atoms with E-state index in [0.29, 0.717) is 37.0 Å². The van der Waals surface area contributed by atoms with E-state index < -0.39 is 10.0 Å². The van der Waals surface area contributed by atoms with Crippen molar-refractivity contribution < 1.29 is 17.9 Å². The highest BCUT2D eigenvalue weighted by Gasteiger charge is 2.26. The number of ketones is 1. The molecule has 1 aromatic carbocycles. The van der Waals surface area contributed by atoms with Crippen LogP contribution in [0.4, 0.5) is 0 Å². The minimum absolute atomic E-state index is 0.0871. The summed E-state index contributed by atoms with van der Waals surface area (Å²) in [6.45, 7) is 4.20. The first kappa shape index (κ1) is 19.0. The highest BCUT2D eigenvalue weighted by atomic mass is 32.2. The number of benzene rings is 1. The van der Waals surface area contributed by atoms with Gasteiger partial charge in [0.15, 0.2) is 10.9 Å². The van der Waals surface area contributed by atoms with Gasteiger partial charge in [0.1, 0.15) is 6.33 Å². The standard InChI is InChI=1S/C16H20N4O4S2/c1-2-19-12-17-18-16(19)25-11-15(21)13-3-5-14(6-4-13)26(22,23)20-7-9-24-10-8-20/h3-6,12H,2,7-11H2,1H3. The van der Waals surface area contributed by atoms with Gasteiger partial charge < -0.3 is 9.30 Å². The van der Waals surface area contributed by atoms with Crippen LogP contribution >= 0.6 is 11.8 Å². The number of hydrogen-bond acceptors (Lipinski definition) is 7. The Hall–Kier alpha value is -1.75. The van der Waals surface area contributed by atoms with Crippen LogP contribution in [0.3, 0.4) is 0 Å². The zero-order valence-corrected chi connectivity index (χ0v) is 16.0. The van der Waals surface area contributed by atoms with Gasteiger partial charge in [-0.2, -0.15) is 4.31 Å². The van der Waals surface area contributed by atoms with Gasteiger partial charge in [-0.05, 0) is 19.1 Å². The number of carbonyl (C=O) groups is 1. The van der Waals surface area contributed by atoms with Gasteiger partial charge in [0.25, 0.3) is 0 Å². The van der Waals surface area contributed by atoms with Crippen molar-refractivity contribution in [2.24, 2.45) is 0 Å². The zero-order valence-electron chi connectivity index (χ0n) is 14.4. The van der Waals surface area contributed by atoms with Gasteiger partial charge in [-0.3, -0.25) is 4.79 Å². The third kappa shape index (κ3) is 4.14. The first-order chi connectivity index (χ1) is 12.5. The fraction of sp³-hybridized carbons (Fsp3) is 0.438. The molecule has 0 amide bonds. The lowest BCUT2D eigenvalue weighted by atomic mass is 10.1. The minimum Gasteiger partial charge on any atom is -0.379 e. The molecule has 0 saturated carbocycles. The molecule has 1 saturated heterocycles. The number of ether oxygens (including phenoxy) is 1. The molecule has 0 atom stereocenters. The average Bonchev–Trinajstić information content (AvgIpc) is 3.14. The Morgan fingerprint density at radius 2 is 1.92 bits per heavy atom. The number of sulfonamides is 1. The molecule has 10 heteroatoms. The molecule has 0 unspecified atom stereocenters. The molecule has 140 valence electrons. The number of nitrogens with zero attached hydrogens (tertiary/aromatic N) is 4. The number of aromatic nitrogens is 3. The third-order valence-corrected chi connectivity index (χ3v) is 6.93. The van der Waals surface area contributed by atoms with Crippen molar-refractivity contribution in [3.05, 3.63) is 36.2 Å². The topological polar surface area (TPSA) is 94.4 Å². The van der Waals surface area contributed by atoms with E-state index >= 15 is 0 Å². The van der Waals surface area contributed by atoms with E-state index in [9.17, 15) is 13.2 Å². The Morgan fingerprint density at radius 1 is 1.23 bits per heavy atom. The van der Waals surface area contributed by atoms with Crippen molar-refractivity contribution in [1.82, 2.24) is 19.1 Å². The maximum absolute atomic E-state index is 12.6. The quantitative estimate of drug-likeness (QED) is 0.514. The number of rotatable bonds is 7. The Labute approximate surface area is 156 Å². The summed E-state index contributed by atoms with van der Waals surface area (Å²) in [6.07, 6.45) is 1.62. The van der Waals surface area contributed by atoms with Crippen LogP contribution < -0.4 is 0 Å². The van der Waals surface area contributed by atoms with Gasteiger partial charge in [-0.15, -0.1) is 10.2 Å². The van der Waals surface area contributed by atoms with Crippen molar-refractivity contribution >= 4 is 27.6 Å². The van der Waals surface area contributed by atoms with Crippen LogP contribution in [0.2, 0.25) is 0 Å². The molecule has 2 aromatic rings. The van der Waals surface area contributed by atoms with Crippen molar-refractivity contribution in [2.45, 2.75) is 23.5 Å². The number of aryl methyl sites for hydroxylation is 1. The predicted molar refractivity (Wildman–Crippen MR) is 96.8 cm³/mol. The number of thioether (sulfide) groups is 1. The van der Waals surface area contributed by atoms with Gasteiger partial charge >= 0.3 is 0 Å². The molecule has 0 spiro atoms. The smallest absolute Gasteiger partial charge is 0.243 e. The van der Waals surface area contributed by atoms with E-state index in [4.69, 9.17) is 4.74 Å². The monoisotopic (exact) mass is 396 g/mol. The lowest BCUT2D eigenvalue weighted by molar-refractivity contribution is 0.0730. The summed E-state index contributed by atoms with van der Waals surface area (Å²) < 4.78 is 33.6. The molecule has 26 heavy (non-hydrogen) atoms. The van der Waals surface area contributed by atoms with E-state index in [-0.39, 0.29) is 16.4 Å². The Morgan fingerprint density at radius 3 is 2.58 bits per heavy atom. The second-order valence-corrected chi connectivity index (χ2v) is 8.53. The normalized spacial score (nSPS) is 15.9. The first-order valence-electron chi connectivity index (χ1n) is 8.24. The average molecular weight is 396 g/mol. The van der Waals surface area contributed by atoms with Crippen molar-refractivity contribution in [2.75, 3.05) is 32.1 Å². The number of morpholine rings is 1. The Bertz CT molecular complexity index is 859. The van der Waals surface area contributed by atoms with E-state index in [0.717, 1.165) is 6.54 Å². The maximum Gasteiger partial charge on any atom is 0.243 e. The summed E-state index contributed by atoms with van der Waals surface area (Å²) >= 11 is 1.31. The fourth-order valence-corrected chi connectivity index (χ4v) is 4.82. The van der Waals surface area contributed by atoms with Crippen LogP contribution in [0.5, 0.6) is 0 Å². The summed E-state index contributed by atoms with van der Waals surface area (Å²) in [5.41, 5.74) is 0.473. The summed E-state index contributed by atoms with van der Waals surface area (Å²) in [4.78, 5) is 12.5. The lowest BCUT2D eigenvalue weighted by Gasteiger charge is -2.26. The molecule has 8 nitrogen and oxygen atoms in total. The van der Waals surface area contributed by atoms with Crippen LogP contribution in [0.1, 0.15) is 17.3 Å². The predicted octanol–water partition coefficient (Wildman–Crippen LogP) is 1.29. The SMILES string of the molecule is CCn1cnnc1SCC(=O)c1ccc(S(=O)(=O)N2CCOCC2)cc1. The van der Waals surface area contributed by atoms with Crippen molar-refractivity contribution in [3.63, 3.8) is 0 Å². The molecule has 0 N–H and O–H groups in total. The summed E-state index contributed by atoms with van der Waals surface area (Å²) in [7, 11) is -3.55. The van der Waals surface area contributed by atoms with Crippen LogP contribution in [-0.2, 0) is 21.3 Å². The highest BCUT2D eigenvalue weighted by Crippen LogP contribution is 2.20. The zero-order chi connectivity index (χ0) is 18.6. The van der Waals surface area contributed by atoms with Gasteiger partial charge in [0, 0.05) is 25.2 Å². The van der Waals surface area contributed by atoms with Crippen LogP contribution in [0.15, 0.2) is 40.6 Å². The Kier molecular flexibility index (Phi) is 6.07. The summed E-state index contributed by atoms with van der Waals surface area (Å²) in [6, 6.07) is 6.08. The second-order valence-electron chi connectivity index (χ2n) is 5.65. The largest absolute Gasteiger partial charge is 0.379 e. The van der Waals surface area contributed by atoms with Crippen LogP contribution in [0.25, 0.3) is 0 Å². The van der Waals surface area contributed by atoms with E-state index in [1.807, 2.05) is 11.5 Å². The number of carbonyl (C=O) groups excluding carboxylic acids is 1. The lowest BCUT2D eigenvalue weighted by Crippen LogP contribution is -2.40. The van der Waals surface area contributed by atoms with Crippen molar-refractivity contribution in [1.29, 1.82) is 0 Å². The first-order valence-corrected chi connectivity index (χ1v) is 10.7. The molecule has 0 radical (unpaired) electrons. The molecule has 0 aliphatic carbocycles. The number of hydrogen-bond donors (Lipinski definition) is 0. The van der Waals surface area contributed by atoms with Gasteiger partial charge in [-0.25, -0.2) is 8.42 Å². The van der Waals surface area contributed by atoms with Gasteiger partial charge in [0.2, 0.25) is 10.0 Å². The van der Waals surface area contributed by atoms with Crippen LogP contribution in [0, 0.1) is 0 Å². The maximum atomic E-state index is 12.6. The van der Waals surface area contributed by atoms with E-state index in [1.165, 1.54) is 28.2 Å². The second kappa shape index (κ2) is 8.30. The van der Waals surface area contributed by atoms with Crippen LogP contribution in [-0.4, -0.2) is 65.3 Å². The van der Waals surface area contributed by atoms with E-state index in [1.54, 1.807) is 18.5 Å². The van der Waals surface area contributed by atoms with Crippen molar-refractivity contribution in [3.8, 4) is 0 Å². The molecule has 1 aliphatic heterocycles. The van der Waals surface area contributed by atoms with Gasteiger partial charge in [0.05, 0.1) is 23.9 Å². The van der Waals surface area contributed by atoms with E-state index in [2.05, 4.69) is 10.2 Å². The highest BCUT2D eigenvalue weighted by molar-refractivity contribution is 7.99. The summed E-state index contributed by atoms with van der Waals surface area (Å²) in [5, 5.41) is 8.49. The Balaban J connectivity index is 1.66. The van der Waals surface area contributed by atoms with Gasteiger partial charge in [-0.1, -0.05) is 23.9 Å². The molecule has 1 aromatic heterocycles. The molecule has 3 rings (SSSR count).